The molecule has 1 rings (SSSR count). The maximum absolute atomic E-state index is 8.85. The van der Waals surface area contributed by atoms with Gasteiger partial charge in [-0.3, -0.25) is 0 Å². The Bertz CT molecular complexity index is 333. The first-order valence-corrected chi connectivity index (χ1v) is 5.42. The monoisotopic (exact) mass is 205 g/mol. The average molecular weight is 205 g/mol. The summed E-state index contributed by atoms with van der Waals surface area (Å²) in [6.45, 7) is 8.36. The van der Waals surface area contributed by atoms with Crippen LogP contribution < -0.4 is 5.32 Å². The van der Waals surface area contributed by atoms with Gasteiger partial charge in [0.1, 0.15) is 11.8 Å². The third kappa shape index (κ3) is 3.77. The standard InChI is InChI=1S/C12H19N3/c1-10(2)14-8-11(3)9-15-6-4-5-12(15)7-13/h4-6,10-11,14H,8-9H2,1-3H3. The first kappa shape index (κ1) is 11.8. The molecule has 3 nitrogen and oxygen atoms in total. The minimum Gasteiger partial charge on any atom is -0.339 e. The molecule has 0 aliphatic rings. The van der Waals surface area contributed by atoms with Gasteiger partial charge in [-0.1, -0.05) is 20.8 Å². The second kappa shape index (κ2) is 5.57. The predicted octanol–water partition coefficient (Wildman–Crippen LogP) is 1.99. The molecule has 1 atom stereocenters. The Labute approximate surface area is 91.7 Å². The normalized spacial score (nSPS) is 12.7. The van der Waals surface area contributed by atoms with Crippen molar-refractivity contribution in [3.8, 4) is 6.07 Å². The van der Waals surface area contributed by atoms with Crippen molar-refractivity contribution in [3.63, 3.8) is 0 Å². The zero-order valence-corrected chi connectivity index (χ0v) is 9.70. The maximum Gasteiger partial charge on any atom is 0.120 e. The van der Waals surface area contributed by atoms with Crippen LogP contribution in [0, 0.1) is 17.2 Å². The van der Waals surface area contributed by atoms with Gasteiger partial charge < -0.3 is 9.88 Å². The van der Waals surface area contributed by atoms with Crippen LogP contribution >= 0.6 is 0 Å². The van der Waals surface area contributed by atoms with Crippen LogP contribution in [-0.4, -0.2) is 17.2 Å². The van der Waals surface area contributed by atoms with Crippen molar-refractivity contribution in [2.24, 2.45) is 5.92 Å². The summed E-state index contributed by atoms with van der Waals surface area (Å²) in [5.41, 5.74) is 0.742. The van der Waals surface area contributed by atoms with Crippen molar-refractivity contribution >= 4 is 0 Å². The zero-order chi connectivity index (χ0) is 11.3. The Kier molecular flexibility index (Phi) is 4.38. The number of rotatable bonds is 5. The van der Waals surface area contributed by atoms with Crippen molar-refractivity contribution in [2.45, 2.75) is 33.4 Å². The van der Waals surface area contributed by atoms with Crippen molar-refractivity contribution in [3.05, 3.63) is 24.0 Å². The van der Waals surface area contributed by atoms with Gasteiger partial charge >= 0.3 is 0 Å². The lowest BCUT2D eigenvalue weighted by molar-refractivity contribution is 0.425. The van der Waals surface area contributed by atoms with E-state index in [1.54, 1.807) is 0 Å². The van der Waals surface area contributed by atoms with Gasteiger partial charge in [-0.25, -0.2) is 0 Å². The second-order valence-electron chi connectivity index (χ2n) is 4.33. The molecule has 0 aromatic carbocycles. The highest BCUT2D eigenvalue weighted by Crippen LogP contribution is 2.05. The molecule has 0 amide bonds. The highest BCUT2D eigenvalue weighted by atomic mass is 15.0. The maximum atomic E-state index is 8.85. The SMILES string of the molecule is CC(CNC(C)C)Cn1cccc1C#N. The Morgan fingerprint density at radius 1 is 1.47 bits per heavy atom. The van der Waals surface area contributed by atoms with Gasteiger partial charge in [-0.15, -0.1) is 0 Å². The minimum atomic E-state index is 0.521. The molecule has 82 valence electrons. The first-order chi connectivity index (χ1) is 7.13. The van der Waals surface area contributed by atoms with Crippen molar-refractivity contribution in [1.29, 1.82) is 5.26 Å². The molecule has 0 aliphatic heterocycles. The van der Waals surface area contributed by atoms with E-state index in [1.807, 2.05) is 22.9 Å². The van der Waals surface area contributed by atoms with Crippen LogP contribution in [0.25, 0.3) is 0 Å². The molecule has 0 fully saturated rings. The summed E-state index contributed by atoms with van der Waals surface area (Å²) in [4.78, 5) is 0. The summed E-state index contributed by atoms with van der Waals surface area (Å²) >= 11 is 0. The van der Waals surface area contributed by atoms with E-state index in [0.717, 1.165) is 18.8 Å². The van der Waals surface area contributed by atoms with Crippen molar-refractivity contribution in [1.82, 2.24) is 9.88 Å². The predicted molar refractivity (Wildman–Crippen MR) is 61.4 cm³/mol. The fourth-order valence-corrected chi connectivity index (χ4v) is 1.51. The molecule has 0 bridgehead atoms. The van der Waals surface area contributed by atoms with Crippen LogP contribution in [0.4, 0.5) is 0 Å². The number of aromatic nitrogens is 1. The van der Waals surface area contributed by atoms with Gasteiger partial charge in [0.05, 0.1) is 0 Å². The molecule has 15 heavy (non-hydrogen) atoms. The van der Waals surface area contributed by atoms with E-state index >= 15 is 0 Å². The Hall–Kier alpha value is -1.27. The topological polar surface area (TPSA) is 40.8 Å². The number of hydrogen-bond donors (Lipinski definition) is 1. The van der Waals surface area contributed by atoms with Crippen molar-refractivity contribution < 1.29 is 0 Å². The zero-order valence-electron chi connectivity index (χ0n) is 9.70. The molecule has 1 unspecified atom stereocenters. The summed E-state index contributed by atoms with van der Waals surface area (Å²) < 4.78 is 2.01. The largest absolute Gasteiger partial charge is 0.339 e. The molecule has 0 saturated carbocycles. The molecule has 1 heterocycles. The fourth-order valence-electron chi connectivity index (χ4n) is 1.51. The lowest BCUT2D eigenvalue weighted by Crippen LogP contribution is -2.29. The number of nitriles is 1. The number of nitrogens with one attached hydrogen (secondary N) is 1. The van der Waals surface area contributed by atoms with E-state index in [1.165, 1.54) is 0 Å². The Morgan fingerprint density at radius 3 is 2.80 bits per heavy atom. The molecular formula is C12H19N3. The van der Waals surface area contributed by atoms with Crippen LogP contribution in [-0.2, 0) is 6.54 Å². The van der Waals surface area contributed by atoms with Crippen LogP contribution in [0.3, 0.4) is 0 Å². The molecule has 0 saturated heterocycles. The molecule has 1 N–H and O–H groups in total. The van der Waals surface area contributed by atoms with E-state index in [-0.39, 0.29) is 0 Å². The first-order valence-electron chi connectivity index (χ1n) is 5.42. The molecule has 0 aliphatic carbocycles. The fraction of sp³-hybridized carbons (Fsp3) is 0.583. The second-order valence-corrected chi connectivity index (χ2v) is 4.33. The molecule has 0 spiro atoms. The molecular weight excluding hydrogens is 186 g/mol. The van der Waals surface area contributed by atoms with Crippen LogP contribution in [0.2, 0.25) is 0 Å². The minimum absolute atomic E-state index is 0.521. The number of nitrogens with zero attached hydrogens (tertiary/aromatic N) is 2. The Morgan fingerprint density at radius 2 is 2.20 bits per heavy atom. The van der Waals surface area contributed by atoms with Crippen LogP contribution in [0.5, 0.6) is 0 Å². The highest BCUT2D eigenvalue weighted by Gasteiger charge is 2.06. The third-order valence-electron chi connectivity index (χ3n) is 2.33. The van der Waals surface area contributed by atoms with E-state index in [9.17, 15) is 0 Å². The van der Waals surface area contributed by atoms with Gasteiger partial charge in [0.15, 0.2) is 0 Å². The highest BCUT2D eigenvalue weighted by molar-refractivity contribution is 5.21. The smallest absolute Gasteiger partial charge is 0.120 e. The summed E-state index contributed by atoms with van der Waals surface area (Å²) in [7, 11) is 0. The van der Waals surface area contributed by atoms with Gasteiger partial charge in [0, 0.05) is 18.8 Å². The quantitative estimate of drug-likeness (QED) is 0.798. The molecule has 1 aromatic heterocycles. The molecule has 1 aromatic rings. The number of hydrogen-bond acceptors (Lipinski definition) is 2. The van der Waals surface area contributed by atoms with Crippen LogP contribution in [0.15, 0.2) is 18.3 Å². The lowest BCUT2D eigenvalue weighted by Gasteiger charge is -2.16. The van der Waals surface area contributed by atoms with E-state index < -0.39 is 0 Å². The third-order valence-corrected chi connectivity index (χ3v) is 2.33. The van der Waals surface area contributed by atoms with Crippen molar-refractivity contribution in [2.75, 3.05) is 6.54 Å². The van der Waals surface area contributed by atoms with Gasteiger partial charge in [-0.05, 0) is 24.6 Å². The van der Waals surface area contributed by atoms with E-state index in [4.69, 9.17) is 5.26 Å². The van der Waals surface area contributed by atoms with Gasteiger partial charge in [0.2, 0.25) is 0 Å². The van der Waals surface area contributed by atoms with Gasteiger partial charge in [-0.2, -0.15) is 5.26 Å². The average Bonchev–Trinajstić information content (AvgIpc) is 2.62. The summed E-state index contributed by atoms with van der Waals surface area (Å²) in [5, 5.41) is 12.3. The van der Waals surface area contributed by atoms with Crippen LogP contribution in [0.1, 0.15) is 26.5 Å². The van der Waals surface area contributed by atoms with E-state index in [2.05, 4.69) is 32.2 Å². The van der Waals surface area contributed by atoms with Gasteiger partial charge in [0.25, 0.3) is 0 Å². The summed E-state index contributed by atoms with van der Waals surface area (Å²) in [5.74, 6) is 0.534. The Balaban J connectivity index is 2.45. The molecule has 0 radical (unpaired) electrons. The summed E-state index contributed by atoms with van der Waals surface area (Å²) in [6, 6.07) is 6.48. The molecule has 3 heteroatoms. The lowest BCUT2D eigenvalue weighted by atomic mass is 10.1. The van der Waals surface area contributed by atoms with E-state index in [0.29, 0.717) is 12.0 Å². The summed E-state index contributed by atoms with van der Waals surface area (Å²) in [6.07, 6.45) is 1.96.